The second-order valence-corrected chi connectivity index (χ2v) is 3.08. The summed E-state index contributed by atoms with van der Waals surface area (Å²) in [5.41, 5.74) is 2.14. The molecule has 1 aromatic rings. The molecule has 3 nitrogen and oxygen atoms in total. The van der Waals surface area contributed by atoms with Crippen molar-refractivity contribution < 1.29 is 9.53 Å². The van der Waals surface area contributed by atoms with Crippen molar-refractivity contribution in [1.82, 2.24) is 0 Å². The van der Waals surface area contributed by atoms with Gasteiger partial charge in [-0.15, -0.1) is 0 Å². The second-order valence-electron chi connectivity index (χ2n) is 3.08. The first-order chi connectivity index (χ1) is 7.22. The van der Waals surface area contributed by atoms with Crippen molar-refractivity contribution in [1.29, 1.82) is 0 Å². The predicted molar refractivity (Wildman–Crippen MR) is 61.7 cm³/mol. The van der Waals surface area contributed by atoms with Crippen molar-refractivity contribution in [3.05, 3.63) is 35.9 Å². The fourth-order valence-electron chi connectivity index (χ4n) is 1.15. The Labute approximate surface area is 89.8 Å². The third-order valence-electron chi connectivity index (χ3n) is 1.87. The highest BCUT2D eigenvalue weighted by Gasteiger charge is 1.90. The van der Waals surface area contributed by atoms with E-state index in [9.17, 15) is 4.79 Å². The Balaban J connectivity index is 2.52. The topological polar surface area (TPSA) is 38.3 Å². The number of hydrogen-bond donors (Lipinski definition) is 1. The van der Waals surface area contributed by atoms with Gasteiger partial charge in [-0.2, -0.15) is 0 Å². The molecule has 1 aromatic carbocycles. The van der Waals surface area contributed by atoms with Crippen LogP contribution >= 0.6 is 0 Å². The number of rotatable bonds is 4. The second kappa shape index (κ2) is 5.86. The molecule has 0 saturated carbocycles. The van der Waals surface area contributed by atoms with Gasteiger partial charge >= 0.3 is 5.97 Å². The molecule has 0 amide bonds. The van der Waals surface area contributed by atoms with Crippen LogP contribution in [-0.2, 0) is 9.53 Å². The first-order valence-corrected chi connectivity index (χ1v) is 4.80. The fourth-order valence-corrected chi connectivity index (χ4v) is 1.15. The molecule has 1 N–H and O–H groups in total. The molecule has 0 aliphatic heterocycles. The monoisotopic (exact) mass is 205 g/mol. The molecule has 15 heavy (non-hydrogen) atoms. The van der Waals surface area contributed by atoms with E-state index >= 15 is 0 Å². The fraction of sp³-hybridized carbons (Fsp3) is 0.250. The van der Waals surface area contributed by atoms with Gasteiger partial charge < -0.3 is 10.1 Å². The van der Waals surface area contributed by atoms with E-state index in [-0.39, 0.29) is 5.97 Å². The molecule has 0 aliphatic carbocycles. The van der Waals surface area contributed by atoms with Crippen molar-refractivity contribution in [3.8, 4) is 0 Å². The quantitative estimate of drug-likeness (QED) is 0.766. The van der Waals surface area contributed by atoms with E-state index < -0.39 is 0 Å². The summed E-state index contributed by atoms with van der Waals surface area (Å²) in [5.74, 6) is -0.261. The lowest BCUT2D eigenvalue weighted by molar-refractivity contribution is -0.139. The van der Waals surface area contributed by atoms with Crippen LogP contribution in [0, 0.1) is 0 Å². The van der Waals surface area contributed by atoms with Gasteiger partial charge in [0.1, 0.15) is 6.61 Å². The molecule has 0 aliphatic rings. The summed E-state index contributed by atoms with van der Waals surface area (Å²) in [6.07, 6.45) is 3.74. The van der Waals surface area contributed by atoms with Crippen molar-refractivity contribution in [2.24, 2.45) is 0 Å². The summed E-state index contributed by atoms with van der Waals surface area (Å²) in [4.78, 5) is 10.5. The van der Waals surface area contributed by atoms with Crippen LogP contribution in [0.1, 0.15) is 12.5 Å². The Hall–Kier alpha value is -1.77. The Morgan fingerprint density at radius 3 is 3.00 bits per heavy atom. The summed E-state index contributed by atoms with van der Waals surface area (Å²) < 4.78 is 4.78. The van der Waals surface area contributed by atoms with Gasteiger partial charge in [0.05, 0.1) is 0 Å². The molecule has 0 bridgehead atoms. The van der Waals surface area contributed by atoms with E-state index in [1.165, 1.54) is 6.92 Å². The zero-order chi connectivity index (χ0) is 11.1. The van der Waals surface area contributed by atoms with Gasteiger partial charge in [-0.3, -0.25) is 4.79 Å². The van der Waals surface area contributed by atoms with Crippen LogP contribution in [-0.4, -0.2) is 19.6 Å². The van der Waals surface area contributed by atoms with Gasteiger partial charge in [0.2, 0.25) is 0 Å². The van der Waals surface area contributed by atoms with Gasteiger partial charge in [-0.05, 0) is 23.8 Å². The Morgan fingerprint density at radius 1 is 1.53 bits per heavy atom. The van der Waals surface area contributed by atoms with Crippen molar-refractivity contribution in [2.75, 3.05) is 19.0 Å². The zero-order valence-electron chi connectivity index (χ0n) is 8.99. The normalized spacial score (nSPS) is 10.3. The molecule has 0 radical (unpaired) electrons. The number of esters is 1. The van der Waals surface area contributed by atoms with Crippen LogP contribution < -0.4 is 5.32 Å². The van der Waals surface area contributed by atoms with Gasteiger partial charge in [-0.1, -0.05) is 18.2 Å². The van der Waals surface area contributed by atoms with Crippen LogP contribution in [0.15, 0.2) is 30.3 Å². The van der Waals surface area contributed by atoms with E-state index in [4.69, 9.17) is 4.74 Å². The first kappa shape index (κ1) is 11.3. The van der Waals surface area contributed by atoms with Gasteiger partial charge in [0.15, 0.2) is 0 Å². The van der Waals surface area contributed by atoms with E-state index in [0.717, 1.165) is 11.3 Å². The van der Waals surface area contributed by atoms with E-state index in [2.05, 4.69) is 5.32 Å². The molecule has 3 heteroatoms. The lowest BCUT2D eigenvalue weighted by Crippen LogP contribution is -1.97. The number of benzene rings is 1. The molecule has 0 saturated heterocycles. The van der Waals surface area contributed by atoms with Gasteiger partial charge in [-0.25, -0.2) is 0 Å². The lowest BCUT2D eigenvalue weighted by atomic mass is 10.2. The minimum Gasteiger partial charge on any atom is -0.462 e. The minimum absolute atomic E-state index is 0.261. The maximum Gasteiger partial charge on any atom is 0.302 e. The molecule has 80 valence electrons. The SMILES string of the molecule is CNc1cccc(/C=C/COC(C)=O)c1. The number of nitrogens with one attached hydrogen (secondary N) is 1. The van der Waals surface area contributed by atoms with Gasteiger partial charge in [0.25, 0.3) is 0 Å². The number of hydrogen-bond acceptors (Lipinski definition) is 3. The Bertz CT molecular complexity index is 358. The number of carbonyl (C=O) groups is 1. The van der Waals surface area contributed by atoms with E-state index in [0.29, 0.717) is 6.61 Å². The molecular formula is C12H15NO2. The highest BCUT2D eigenvalue weighted by molar-refractivity contribution is 5.66. The van der Waals surface area contributed by atoms with Crippen LogP contribution in [0.3, 0.4) is 0 Å². The third-order valence-corrected chi connectivity index (χ3v) is 1.87. The standard InChI is InChI=1S/C12H15NO2/c1-10(14)15-8-4-6-11-5-3-7-12(9-11)13-2/h3-7,9,13H,8H2,1-2H3/b6-4+. The molecular weight excluding hydrogens is 190 g/mol. The summed E-state index contributed by atoms with van der Waals surface area (Å²) in [6.45, 7) is 1.72. The molecule has 0 fully saturated rings. The molecule has 0 aromatic heterocycles. The average Bonchev–Trinajstić information content (AvgIpc) is 2.24. The summed E-state index contributed by atoms with van der Waals surface area (Å²) in [5, 5.41) is 3.06. The smallest absolute Gasteiger partial charge is 0.302 e. The highest BCUT2D eigenvalue weighted by atomic mass is 16.5. The van der Waals surface area contributed by atoms with E-state index in [1.807, 2.05) is 43.5 Å². The first-order valence-electron chi connectivity index (χ1n) is 4.80. The zero-order valence-corrected chi connectivity index (χ0v) is 8.99. The number of carbonyl (C=O) groups excluding carboxylic acids is 1. The third kappa shape index (κ3) is 4.31. The van der Waals surface area contributed by atoms with Crippen LogP contribution in [0.4, 0.5) is 5.69 Å². The average molecular weight is 205 g/mol. The molecule has 0 unspecified atom stereocenters. The van der Waals surface area contributed by atoms with Crippen LogP contribution in [0.2, 0.25) is 0 Å². The van der Waals surface area contributed by atoms with Crippen molar-refractivity contribution >= 4 is 17.7 Å². The summed E-state index contributed by atoms with van der Waals surface area (Å²) >= 11 is 0. The van der Waals surface area contributed by atoms with Crippen molar-refractivity contribution in [2.45, 2.75) is 6.92 Å². The lowest BCUT2D eigenvalue weighted by Gasteiger charge is -2.00. The molecule has 1 rings (SSSR count). The number of anilines is 1. The van der Waals surface area contributed by atoms with E-state index in [1.54, 1.807) is 0 Å². The summed E-state index contributed by atoms with van der Waals surface area (Å²) in [6, 6.07) is 7.97. The minimum atomic E-state index is -0.261. The highest BCUT2D eigenvalue weighted by Crippen LogP contribution is 2.10. The van der Waals surface area contributed by atoms with Crippen molar-refractivity contribution in [3.63, 3.8) is 0 Å². The van der Waals surface area contributed by atoms with Gasteiger partial charge in [0, 0.05) is 19.7 Å². The van der Waals surface area contributed by atoms with Crippen LogP contribution in [0.25, 0.3) is 6.08 Å². The predicted octanol–water partition coefficient (Wildman–Crippen LogP) is 2.30. The number of ether oxygens (including phenoxy) is 1. The van der Waals surface area contributed by atoms with Crippen LogP contribution in [0.5, 0.6) is 0 Å². The Kier molecular flexibility index (Phi) is 4.41. The maximum atomic E-state index is 10.5. The molecule has 0 spiro atoms. The largest absolute Gasteiger partial charge is 0.462 e. The molecule has 0 atom stereocenters. The molecule has 0 heterocycles. The summed E-state index contributed by atoms with van der Waals surface area (Å²) in [7, 11) is 1.88. The maximum absolute atomic E-state index is 10.5. The Morgan fingerprint density at radius 2 is 2.33 bits per heavy atom.